The fourth-order valence-corrected chi connectivity index (χ4v) is 2.99. The Labute approximate surface area is 158 Å². The van der Waals surface area contributed by atoms with Crippen LogP contribution in [0.3, 0.4) is 0 Å². The van der Waals surface area contributed by atoms with Gasteiger partial charge in [-0.05, 0) is 24.3 Å². The molecule has 2 aromatic rings. The van der Waals surface area contributed by atoms with Crippen molar-refractivity contribution in [3.63, 3.8) is 0 Å². The molecule has 0 saturated carbocycles. The van der Waals surface area contributed by atoms with Crippen LogP contribution in [0.25, 0.3) is 0 Å². The summed E-state index contributed by atoms with van der Waals surface area (Å²) in [6, 6.07) is 7.10. The first-order valence-corrected chi connectivity index (χ1v) is 8.39. The van der Waals surface area contributed by atoms with Crippen molar-refractivity contribution in [2.75, 3.05) is 26.2 Å². The number of nitrogens with one attached hydrogen (secondary N) is 1. The minimum absolute atomic E-state index is 0. The van der Waals surface area contributed by atoms with Crippen LogP contribution >= 0.6 is 24.0 Å². The molecule has 0 bridgehead atoms. The van der Waals surface area contributed by atoms with Crippen molar-refractivity contribution in [3.8, 4) is 5.75 Å². The van der Waals surface area contributed by atoms with Gasteiger partial charge >= 0.3 is 0 Å². The molecule has 2 heterocycles. The zero-order valence-corrected chi connectivity index (χ0v) is 15.6. The zero-order chi connectivity index (χ0) is 16.9. The molecular formula is C17H22Cl2N4O2. The van der Waals surface area contributed by atoms with Gasteiger partial charge in [0.1, 0.15) is 17.6 Å². The molecule has 0 radical (unpaired) electrons. The van der Waals surface area contributed by atoms with Gasteiger partial charge in [-0.1, -0.05) is 11.6 Å². The monoisotopic (exact) mass is 384 g/mol. The molecule has 1 aliphatic heterocycles. The maximum absolute atomic E-state index is 12.6. The van der Waals surface area contributed by atoms with Gasteiger partial charge in [0.05, 0.1) is 13.0 Å². The smallest absolute Gasteiger partial charge is 0.226 e. The van der Waals surface area contributed by atoms with Crippen molar-refractivity contribution in [2.24, 2.45) is 7.05 Å². The van der Waals surface area contributed by atoms with Gasteiger partial charge in [0, 0.05) is 44.1 Å². The lowest BCUT2D eigenvalue weighted by molar-refractivity contribution is -0.135. The number of carbonyl (C=O) groups is 1. The van der Waals surface area contributed by atoms with Gasteiger partial charge in [-0.3, -0.25) is 4.79 Å². The number of nitrogens with zero attached hydrogens (tertiary/aromatic N) is 3. The van der Waals surface area contributed by atoms with Crippen LogP contribution < -0.4 is 10.1 Å². The van der Waals surface area contributed by atoms with E-state index in [9.17, 15) is 4.79 Å². The molecule has 25 heavy (non-hydrogen) atoms. The van der Waals surface area contributed by atoms with Crippen LogP contribution in [-0.4, -0.2) is 46.6 Å². The van der Waals surface area contributed by atoms with Gasteiger partial charge < -0.3 is 19.5 Å². The molecule has 1 aromatic carbocycles. The van der Waals surface area contributed by atoms with Crippen LogP contribution in [0.5, 0.6) is 5.75 Å². The third kappa shape index (κ3) is 4.87. The third-order valence-corrected chi connectivity index (χ3v) is 4.37. The van der Waals surface area contributed by atoms with Crippen LogP contribution in [0.1, 0.15) is 18.3 Å². The zero-order valence-electron chi connectivity index (χ0n) is 14.0. The second-order valence-electron chi connectivity index (χ2n) is 5.76. The van der Waals surface area contributed by atoms with Gasteiger partial charge in [-0.15, -0.1) is 12.4 Å². The van der Waals surface area contributed by atoms with Crippen molar-refractivity contribution in [1.29, 1.82) is 0 Å². The number of imidazole rings is 1. The minimum Gasteiger partial charge on any atom is -0.493 e. The second-order valence-corrected chi connectivity index (χ2v) is 6.19. The first-order valence-electron chi connectivity index (χ1n) is 8.01. The Bertz CT molecular complexity index is 690. The summed E-state index contributed by atoms with van der Waals surface area (Å²) in [4.78, 5) is 18.9. The van der Waals surface area contributed by atoms with Gasteiger partial charge in [0.25, 0.3) is 0 Å². The molecule has 6 nitrogen and oxygen atoms in total. The van der Waals surface area contributed by atoms with Crippen molar-refractivity contribution in [2.45, 2.75) is 12.5 Å². The Morgan fingerprint density at radius 3 is 2.84 bits per heavy atom. The van der Waals surface area contributed by atoms with Gasteiger partial charge in [0.2, 0.25) is 5.91 Å². The van der Waals surface area contributed by atoms with E-state index in [4.69, 9.17) is 16.3 Å². The maximum Gasteiger partial charge on any atom is 0.226 e. The Balaban J connectivity index is 0.00000225. The van der Waals surface area contributed by atoms with E-state index in [2.05, 4.69) is 10.3 Å². The molecular weight excluding hydrogens is 363 g/mol. The van der Waals surface area contributed by atoms with E-state index in [0.29, 0.717) is 36.9 Å². The predicted octanol–water partition coefficient (Wildman–Crippen LogP) is 2.44. The first kappa shape index (κ1) is 19.6. The molecule has 0 aliphatic carbocycles. The quantitative estimate of drug-likeness (QED) is 0.859. The number of hydrogen-bond donors (Lipinski definition) is 1. The predicted molar refractivity (Wildman–Crippen MR) is 99.3 cm³/mol. The summed E-state index contributed by atoms with van der Waals surface area (Å²) in [6.07, 6.45) is 4.00. The summed E-state index contributed by atoms with van der Waals surface area (Å²) in [5, 5.41) is 4.00. The molecule has 136 valence electrons. The summed E-state index contributed by atoms with van der Waals surface area (Å²) in [5.74, 6) is 1.70. The van der Waals surface area contributed by atoms with Crippen molar-refractivity contribution in [1.82, 2.24) is 19.8 Å². The van der Waals surface area contributed by atoms with Gasteiger partial charge in [0.15, 0.2) is 0 Å². The molecule has 1 aliphatic rings. The molecule has 1 atom stereocenters. The SMILES string of the molecule is Cl.Cn1ccnc1C1CNCCN1C(=O)CCOc1ccc(Cl)cc1. The van der Waals surface area contributed by atoms with Crippen molar-refractivity contribution < 1.29 is 9.53 Å². The second kappa shape index (κ2) is 9.08. The molecule has 1 aromatic heterocycles. The normalized spacial score (nSPS) is 17.0. The van der Waals surface area contributed by atoms with Gasteiger partial charge in [-0.25, -0.2) is 4.98 Å². The van der Waals surface area contributed by atoms with Crippen LogP contribution in [0.2, 0.25) is 5.02 Å². The van der Waals surface area contributed by atoms with Crippen LogP contribution in [0, 0.1) is 0 Å². The fourth-order valence-electron chi connectivity index (χ4n) is 2.86. The van der Waals surface area contributed by atoms with E-state index < -0.39 is 0 Å². The number of ether oxygens (including phenoxy) is 1. The lowest BCUT2D eigenvalue weighted by Gasteiger charge is -2.35. The van der Waals surface area contributed by atoms with Gasteiger partial charge in [-0.2, -0.15) is 0 Å². The highest BCUT2D eigenvalue weighted by Gasteiger charge is 2.30. The fraction of sp³-hybridized carbons (Fsp3) is 0.412. The molecule has 1 unspecified atom stereocenters. The highest BCUT2D eigenvalue weighted by atomic mass is 35.5. The average Bonchev–Trinajstić information content (AvgIpc) is 3.02. The van der Waals surface area contributed by atoms with E-state index in [0.717, 1.165) is 12.4 Å². The first-order chi connectivity index (χ1) is 11.6. The van der Waals surface area contributed by atoms with E-state index in [1.54, 1.807) is 30.5 Å². The van der Waals surface area contributed by atoms with Crippen LogP contribution in [0.15, 0.2) is 36.7 Å². The summed E-state index contributed by atoms with van der Waals surface area (Å²) >= 11 is 5.85. The van der Waals surface area contributed by atoms with Crippen LogP contribution in [0.4, 0.5) is 0 Å². The summed E-state index contributed by atoms with van der Waals surface area (Å²) in [7, 11) is 1.95. The third-order valence-electron chi connectivity index (χ3n) is 4.12. The largest absolute Gasteiger partial charge is 0.493 e. The Morgan fingerprint density at radius 1 is 1.40 bits per heavy atom. The summed E-state index contributed by atoms with van der Waals surface area (Å²) in [5.41, 5.74) is 0. The number of halogens is 2. The molecule has 1 amide bonds. The number of aromatic nitrogens is 2. The Kier molecular flexibility index (Phi) is 7.11. The van der Waals surface area contributed by atoms with E-state index in [1.165, 1.54) is 0 Å². The number of benzene rings is 1. The standard InChI is InChI=1S/C17H21ClN4O2.ClH/c1-21-9-8-20-17(21)15-12-19-7-10-22(15)16(23)6-11-24-14-4-2-13(18)3-5-14;/h2-5,8-9,15,19H,6-7,10-12H2,1H3;1H. The lowest BCUT2D eigenvalue weighted by atomic mass is 10.1. The highest BCUT2D eigenvalue weighted by molar-refractivity contribution is 6.30. The lowest BCUT2D eigenvalue weighted by Crippen LogP contribution is -2.49. The molecule has 1 fully saturated rings. The van der Waals surface area contributed by atoms with Crippen molar-refractivity contribution >= 4 is 29.9 Å². The van der Waals surface area contributed by atoms with Crippen LogP contribution in [-0.2, 0) is 11.8 Å². The Morgan fingerprint density at radius 2 is 2.16 bits per heavy atom. The number of carbonyl (C=O) groups excluding carboxylic acids is 1. The van der Waals surface area contributed by atoms with E-state index in [1.807, 2.05) is 22.7 Å². The minimum atomic E-state index is -0.0400. The van der Waals surface area contributed by atoms with E-state index in [-0.39, 0.29) is 24.4 Å². The topological polar surface area (TPSA) is 59.4 Å². The summed E-state index contributed by atoms with van der Waals surface area (Å²) < 4.78 is 7.59. The number of rotatable bonds is 5. The number of amides is 1. The molecule has 1 saturated heterocycles. The molecule has 0 spiro atoms. The number of aryl methyl sites for hydroxylation is 1. The summed E-state index contributed by atoms with van der Waals surface area (Å²) in [6.45, 7) is 2.54. The van der Waals surface area contributed by atoms with E-state index >= 15 is 0 Å². The average molecular weight is 385 g/mol. The highest BCUT2D eigenvalue weighted by Crippen LogP contribution is 2.21. The molecule has 8 heteroatoms. The number of piperazine rings is 1. The Hall–Kier alpha value is -1.76. The number of hydrogen-bond acceptors (Lipinski definition) is 4. The molecule has 3 rings (SSSR count). The molecule has 1 N–H and O–H groups in total. The van der Waals surface area contributed by atoms with Crippen molar-refractivity contribution in [3.05, 3.63) is 47.5 Å². The maximum atomic E-state index is 12.6.